The van der Waals surface area contributed by atoms with Gasteiger partial charge in [0.15, 0.2) is 5.78 Å². The van der Waals surface area contributed by atoms with Crippen LogP contribution >= 0.6 is 15.9 Å². The summed E-state index contributed by atoms with van der Waals surface area (Å²) in [6.45, 7) is 3.15. The quantitative estimate of drug-likeness (QED) is 0.887. The van der Waals surface area contributed by atoms with Crippen molar-refractivity contribution in [3.63, 3.8) is 0 Å². The molecule has 0 unspecified atom stereocenters. The van der Waals surface area contributed by atoms with Crippen LogP contribution in [0.25, 0.3) is 10.9 Å². The number of rotatable bonds is 3. The van der Waals surface area contributed by atoms with Crippen LogP contribution in [0.15, 0.2) is 22.7 Å². The molecule has 0 atom stereocenters. The van der Waals surface area contributed by atoms with E-state index in [2.05, 4.69) is 20.9 Å². The fourth-order valence-electron chi connectivity index (χ4n) is 1.70. The van der Waals surface area contributed by atoms with Gasteiger partial charge in [0.2, 0.25) is 0 Å². The van der Waals surface area contributed by atoms with Crippen molar-refractivity contribution < 1.29 is 14.3 Å². The number of halogens is 1. The second-order valence-electron chi connectivity index (χ2n) is 4.17. The van der Waals surface area contributed by atoms with Crippen LogP contribution in [0.4, 0.5) is 0 Å². The molecule has 1 heterocycles. The molecular weight excluding hydrogens is 298 g/mol. The van der Waals surface area contributed by atoms with Crippen LogP contribution in [0.1, 0.15) is 23.0 Å². The van der Waals surface area contributed by atoms with Gasteiger partial charge in [-0.25, -0.2) is 4.79 Å². The third-order valence-electron chi connectivity index (χ3n) is 2.45. The Morgan fingerprint density at radius 3 is 2.72 bits per heavy atom. The summed E-state index contributed by atoms with van der Waals surface area (Å²) in [5.41, 5.74) is 2.28. The molecule has 0 saturated carbocycles. The highest BCUT2D eigenvalue weighted by Crippen LogP contribution is 2.26. The van der Waals surface area contributed by atoms with Gasteiger partial charge in [0.1, 0.15) is 12.3 Å². The average molecular weight is 310 g/mol. The summed E-state index contributed by atoms with van der Waals surface area (Å²) < 4.78 is 5.75. The van der Waals surface area contributed by atoms with E-state index in [4.69, 9.17) is 4.74 Å². The highest BCUT2D eigenvalue weighted by Gasteiger charge is 2.13. The summed E-state index contributed by atoms with van der Waals surface area (Å²) in [5.74, 6) is -0.706. The largest absolute Gasteiger partial charge is 0.453 e. The molecule has 4 nitrogen and oxygen atoms in total. The van der Waals surface area contributed by atoms with Crippen molar-refractivity contribution in [3.05, 3.63) is 33.9 Å². The van der Waals surface area contributed by atoms with Crippen LogP contribution in [0.3, 0.4) is 0 Å². The van der Waals surface area contributed by atoms with E-state index >= 15 is 0 Å². The number of hydrogen-bond acceptors (Lipinski definition) is 3. The first-order valence-electron chi connectivity index (χ1n) is 5.43. The third kappa shape index (κ3) is 2.61. The Balaban J connectivity index is 2.32. The SMILES string of the molecule is CC(=O)COC(=O)c1cc2cc(C)cc(Br)c2[nH]1. The molecule has 0 radical (unpaired) electrons. The highest BCUT2D eigenvalue weighted by atomic mass is 79.9. The minimum Gasteiger partial charge on any atom is -0.453 e. The van der Waals surface area contributed by atoms with E-state index in [-0.39, 0.29) is 12.4 Å². The molecule has 2 aromatic rings. The maximum Gasteiger partial charge on any atom is 0.355 e. The standard InChI is InChI=1S/C13H12BrNO3/c1-7-3-9-5-11(13(17)18-6-8(2)16)15-12(9)10(14)4-7/h3-5,15H,6H2,1-2H3. The van der Waals surface area contributed by atoms with E-state index in [0.29, 0.717) is 5.69 Å². The molecule has 0 spiro atoms. The van der Waals surface area contributed by atoms with Gasteiger partial charge in [-0.2, -0.15) is 0 Å². The van der Waals surface area contributed by atoms with Crippen molar-refractivity contribution in [1.29, 1.82) is 0 Å². The van der Waals surface area contributed by atoms with E-state index < -0.39 is 5.97 Å². The van der Waals surface area contributed by atoms with Gasteiger partial charge in [0.05, 0.1) is 5.52 Å². The third-order valence-corrected chi connectivity index (χ3v) is 3.08. The number of H-pyrrole nitrogens is 1. The number of hydrogen-bond donors (Lipinski definition) is 1. The first kappa shape index (κ1) is 12.8. The minimum absolute atomic E-state index is 0.184. The molecule has 94 valence electrons. The molecule has 1 N–H and O–H groups in total. The van der Waals surface area contributed by atoms with Crippen LogP contribution in [-0.2, 0) is 9.53 Å². The van der Waals surface area contributed by atoms with Gasteiger partial charge >= 0.3 is 5.97 Å². The fourth-order valence-corrected chi connectivity index (χ4v) is 2.39. The molecule has 0 aliphatic heterocycles. The lowest BCUT2D eigenvalue weighted by Gasteiger charge is -1.99. The van der Waals surface area contributed by atoms with E-state index in [1.807, 2.05) is 19.1 Å². The second kappa shape index (κ2) is 4.94. The summed E-state index contributed by atoms with van der Waals surface area (Å²) >= 11 is 3.43. The zero-order valence-corrected chi connectivity index (χ0v) is 11.6. The number of carbonyl (C=O) groups excluding carboxylic acids is 2. The van der Waals surface area contributed by atoms with Crippen molar-refractivity contribution in [2.45, 2.75) is 13.8 Å². The van der Waals surface area contributed by atoms with Crippen molar-refractivity contribution >= 4 is 38.6 Å². The van der Waals surface area contributed by atoms with Crippen LogP contribution in [0.5, 0.6) is 0 Å². The topological polar surface area (TPSA) is 59.2 Å². The van der Waals surface area contributed by atoms with Gasteiger partial charge in [-0.15, -0.1) is 0 Å². The number of Topliss-reactive ketones (excluding diaryl/α,β-unsaturated/α-hetero) is 1. The average Bonchev–Trinajstić information content (AvgIpc) is 2.69. The smallest absolute Gasteiger partial charge is 0.355 e. The monoisotopic (exact) mass is 309 g/mol. The predicted molar refractivity (Wildman–Crippen MR) is 71.7 cm³/mol. The Bertz CT molecular complexity index is 630. The van der Waals surface area contributed by atoms with Gasteiger partial charge in [-0.3, -0.25) is 4.79 Å². The van der Waals surface area contributed by atoms with Gasteiger partial charge in [-0.05, 0) is 53.5 Å². The van der Waals surface area contributed by atoms with E-state index in [1.165, 1.54) is 6.92 Å². The maximum absolute atomic E-state index is 11.7. The van der Waals surface area contributed by atoms with E-state index in [1.54, 1.807) is 6.07 Å². The number of benzene rings is 1. The molecule has 18 heavy (non-hydrogen) atoms. The molecular formula is C13H12BrNO3. The lowest BCUT2D eigenvalue weighted by atomic mass is 10.2. The summed E-state index contributed by atoms with van der Waals surface area (Å²) in [7, 11) is 0. The first-order chi connectivity index (χ1) is 8.47. The molecule has 0 bridgehead atoms. The van der Waals surface area contributed by atoms with Gasteiger partial charge in [-0.1, -0.05) is 0 Å². The van der Waals surface area contributed by atoms with Crippen molar-refractivity contribution in [1.82, 2.24) is 4.98 Å². The van der Waals surface area contributed by atoms with Crippen LogP contribution in [0, 0.1) is 6.92 Å². The molecule has 0 saturated heterocycles. The number of aromatic amines is 1. The molecule has 1 aromatic heterocycles. The molecule has 0 fully saturated rings. The van der Waals surface area contributed by atoms with E-state index in [9.17, 15) is 9.59 Å². The highest BCUT2D eigenvalue weighted by molar-refractivity contribution is 9.10. The summed E-state index contributed by atoms with van der Waals surface area (Å²) in [6, 6.07) is 5.65. The van der Waals surface area contributed by atoms with Gasteiger partial charge in [0.25, 0.3) is 0 Å². The van der Waals surface area contributed by atoms with E-state index in [0.717, 1.165) is 20.9 Å². The minimum atomic E-state index is -0.522. The zero-order valence-electron chi connectivity index (χ0n) is 10.0. The summed E-state index contributed by atoms with van der Waals surface area (Å²) in [4.78, 5) is 25.4. The van der Waals surface area contributed by atoms with Gasteiger partial charge < -0.3 is 9.72 Å². The Morgan fingerprint density at radius 2 is 2.06 bits per heavy atom. The number of ether oxygens (including phenoxy) is 1. The van der Waals surface area contributed by atoms with Crippen LogP contribution in [0.2, 0.25) is 0 Å². The lowest BCUT2D eigenvalue weighted by Crippen LogP contribution is -2.11. The summed E-state index contributed by atoms with van der Waals surface area (Å²) in [6.07, 6.45) is 0. The van der Waals surface area contributed by atoms with Crippen molar-refractivity contribution in [2.75, 3.05) is 6.61 Å². The fraction of sp³-hybridized carbons (Fsp3) is 0.231. The summed E-state index contributed by atoms with van der Waals surface area (Å²) in [5, 5.41) is 0.927. The van der Waals surface area contributed by atoms with Crippen LogP contribution in [-0.4, -0.2) is 23.3 Å². The number of aromatic nitrogens is 1. The number of carbonyl (C=O) groups is 2. The first-order valence-corrected chi connectivity index (χ1v) is 6.22. The second-order valence-corrected chi connectivity index (χ2v) is 5.03. The van der Waals surface area contributed by atoms with Gasteiger partial charge in [0, 0.05) is 9.86 Å². The zero-order chi connectivity index (χ0) is 13.3. The van der Waals surface area contributed by atoms with Crippen molar-refractivity contribution in [2.24, 2.45) is 0 Å². The molecule has 0 aliphatic rings. The molecule has 0 amide bonds. The lowest BCUT2D eigenvalue weighted by molar-refractivity contribution is -0.120. The number of nitrogens with one attached hydrogen (secondary N) is 1. The Morgan fingerprint density at radius 1 is 1.33 bits per heavy atom. The number of fused-ring (bicyclic) bond motifs is 1. The van der Waals surface area contributed by atoms with Crippen molar-refractivity contribution in [3.8, 4) is 0 Å². The Kier molecular flexibility index (Phi) is 3.52. The number of aryl methyl sites for hydroxylation is 1. The maximum atomic E-state index is 11.7. The van der Waals surface area contributed by atoms with Crippen LogP contribution < -0.4 is 0 Å². The molecule has 5 heteroatoms. The molecule has 2 rings (SSSR count). The molecule has 0 aliphatic carbocycles. The Hall–Kier alpha value is -1.62. The predicted octanol–water partition coefficient (Wildman–Crippen LogP) is 2.98. The normalized spacial score (nSPS) is 10.6. The molecule has 1 aromatic carbocycles. The number of esters is 1. The Labute approximate surface area is 112 Å². The number of ketones is 1.